The van der Waals surface area contributed by atoms with Crippen molar-refractivity contribution in [2.24, 2.45) is 0 Å². The van der Waals surface area contributed by atoms with E-state index in [4.69, 9.17) is 9.47 Å². The highest BCUT2D eigenvalue weighted by Crippen LogP contribution is 2.40. The van der Waals surface area contributed by atoms with Gasteiger partial charge in [0.15, 0.2) is 0 Å². The number of benzene rings is 3. The van der Waals surface area contributed by atoms with Crippen LogP contribution in [-0.4, -0.2) is 19.3 Å². The molecule has 144 valence electrons. The van der Waals surface area contributed by atoms with E-state index in [-0.39, 0.29) is 11.7 Å². The van der Waals surface area contributed by atoms with Crippen molar-refractivity contribution in [1.29, 1.82) is 0 Å². The molecular weight excluding hydrogens is 348 g/mol. The second-order valence-electron chi connectivity index (χ2n) is 6.90. The topological polar surface area (TPSA) is 38.7 Å². The third-order valence-electron chi connectivity index (χ3n) is 4.94. The molecule has 3 heteroatoms. The molecule has 3 aromatic carbocycles. The maximum atomic E-state index is 9.41. The number of rotatable bonds is 6. The highest BCUT2D eigenvalue weighted by atomic mass is 16.5. The number of phenols is 1. The van der Waals surface area contributed by atoms with Crippen LogP contribution in [0, 0.1) is 6.92 Å². The SMILES string of the molecule is COc1cc(/C=C/c2ccc(O)cc2)cc(OC)c1C(C)c1ccc(C)cc1. The Morgan fingerprint density at radius 1 is 0.786 bits per heavy atom. The number of aromatic hydroxyl groups is 1. The highest BCUT2D eigenvalue weighted by Gasteiger charge is 2.19. The van der Waals surface area contributed by atoms with Gasteiger partial charge in [0, 0.05) is 11.5 Å². The second-order valence-corrected chi connectivity index (χ2v) is 6.90. The Labute approximate surface area is 166 Å². The molecule has 3 nitrogen and oxygen atoms in total. The van der Waals surface area contributed by atoms with E-state index >= 15 is 0 Å². The van der Waals surface area contributed by atoms with Crippen LogP contribution in [0.4, 0.5) is 0 Å². The number of ether oxygens (including phenoxy) is 2. The predicted octanol–water partition coefficient (Wildman–Crippen LogP) is 6.04. The smallest absolute Gasteiger partial charge is 0.126 e. The summed E-state index contributed by atoms with van der Waals surface area (Å²) in [6.07, 6.45) is 4.01. The van der Waals surface area contributed by atoms with Gasteiger partial charge in [-0.05, 0) is 47.9 Å². The Bertz CT molecular complexity index is 929. The molecule has 0 radical (unpaired) electrons. The van der Waals surface area contributed by atoms with Crippen molar-refractivity contribution in [3.05, 3.63) is 88.5 Å². The minimum absolute atomic E-state index is 0.139. The summed E-state index contributed by atoms with van der Waals surface area (Å²) in [4.78, 5) is 0. The summed E-state index contributed by atoms with van der Waals surface area (Å²) in [5.41, 5.74) is 5.49. The molecular formula is C25H26O3. The molecule has 0 aliphatic rings. The van der Waals surface area contributed by atoms with Gasteiger partial charge in [-0.2, -0.15) is 0 Å². The number of methoxy groups -OCH3 is 2. The molecule has 0 saturated carbocycles. The van der Waals surface area contributed by atoms with Crippen molar-refractivity contribution in [2.45, 2.75) is 19.8 Å². The van der Waals surface area contributed by atoms with E-state index in [1.54, 1.807) is 26.4 Å². The summed E-state index contributed by atoms with van der Waals surface area (Å²) < 4.78 is 11.4. The van der Waals surface area contributed by atoms with Gasteiger partial charge in [-0.3, -0.25) is 0 Å². The standard InChI is InChI=1S/C25H26O3/c1-17-5-11-21(12-6-17)18(2)25-23(27-3)15-20(16-24(25)28-4)8-7-19-9-13-22(26)14-10-19/h5-16,18,26H,1-4H3/b8-7+. The van der Waals surface area contributed by atoms with Crippen LogP contribution in [-0.2, 0) is 0 Å². The van der Waals surface area contributed by atoms with Crippen molar-refractivity contribution in [3.8, 4) is 17.2 Å². The maximum Gasteiger partial charge on any atom is 0.126 e. The fraction of sp³-hybridized carbons (Fsp3) is 0.200. The molecule has 0 aromatic heterocycles. The summed E-state index contributed by atoms with van der Waals surface area (Å²) in [6.45, 7) is 4.25. The molecule has 0 saturated heterocycles. The van der Waals surface area contributed by atoms with Gasteiger partial charge in [-0.15, -0.1) is 0 Å². The highest BCUT2D eigenvalue weighted by molar-refractivity contribution is 5.72. The molecule has 0 fully saturated rings. The third kappa shape index (κ3) is 4.37. The molecule has 0 amide bonds. The van der Waals surface area contributed by atoms with Gasteiger partial charge in [0.1, 0.15) is 17.2 Å². The molecule has 0 spiro atoms. The minimum Gasteiger partial charge on any atom is -0.508 e. The molecule has 3 rings (SSSR count). The average Bonchev–Trinajstić information content (AvgIpc) is 2.72. The average molecular weight is 374 g/mol. The zero-order valence-electron chi connectivity index (χ0n) is 16.8. The van der Waals surface area contributed by atoms with Crippen LogP contribution >= 0.6 is 0 Å². The van der Waals surface area contributed by atoms with Gasteiger partial charge in [-0.25, -0.2) is 0 Å². The lowest BCUT2D eigenvalue weighted by molar-refractivity contribution is 0.383. The Balaban J connectivity index is 1.97. The summed E-state index contributed by atoms with van der Waals surface area (Å²) in [5, 5.41) is 9.41. The van der Waals surface area contributed by atoms with Crippen molar-refractivity contribution < 1.29 is 14.6 Å². The zero-order chi connectivity index (χ0) is 20.1. The second kappa shape index (κ2) is 8.66. The van der Waals surface area contributed by atoms with E-state index < -0.39 is 0 Å². The predicted molar refractivity (Wildman–Crippen MR) is 115 cm³/mol. The van der Waals surface area contributed by atoms with Crippen LogP contribution in [0.15, 0.2) is 60.7 Å². The first-order valence-corrected chi connectivity index (χ1v) is 9.31. The molecule has 3 aromatic rings. The molecule has 28 heavy (non-hydrogen) atoms. The van der Waals surface area contributed by atoms with Crippen LogP contribution in [0.5, 0.6) is 17.2 Å². The Kier molecular flexibility index (Phi) is 6.05. The van der Waals surface area contributed by atoms with Crippen LogP contribution in [0.3, 0.4) is 0 Å². The van der Waals surface area contributed by atoms with Crippen molar-refractivity contribution in [1.82, 2.24) is 0 Å². The van der Waals surface area contributed by atoms with E-state index in [0.29, 0.717) is 0 Å². The quantitative estimate of drug-likeness (QED) is 0.535. The van der Waals surface area contributed by atoms with E-state index in [1.807, 2.05) is 36.4 Å². The van der Waals surface area contributed by atoms with Crippen LogP contribution in [0.1, 0.15) is 40.7 Å². The normalized spacial score (nSPS) is 12.1. The number of hydrogen-bond acceptors (Lipinski definition) is 3. The summed E-state index contributed by atoms with van der Waals surface area (Å²) in [5.74, 6) is 2.01. The Hall–Kier alpha value is -3.20. The van der Waals surface area contributed by atoms with Crippen molar-refractivity contribution in [2.75, 3.05) is 14.2 Å². The van der Waals surface area contributed by atoms with E-state index in [2.05, 4.69) is 38.1 Å². The first kappa shape index (κ1) is 19.6. The molecule has 0 bridgehead atoms. The summed E-state index contributed by atoms with van der Waals surface area (Å²) in [6, 6.07) is 19.7. The molecule has 1 unspecified atom stereocenters. The first-order chi connectivity index (χ1) is 13.5. The number of phenolic OH excluding ortho intramolecular Hbond substituents is 1. The van der Waals surface area contributed by atoms with Crippen molar-refractivity contribution in [3.63, 3.8) is 0 Å². The minimum atomic E-state index is 0.139. The Morgan fingerprint density at radius 2 is 1.32 bits per heavy atom. The number of aryl methyl sites for hydroxylation is 1. The lowest BCUT2D eigenvalue weighted by Crippen LogP contribution is -2.03. The lowest BCUT2D eigenvalue weighted by Gasteiger charge is -2.20. The molecule has 0 aliphatic carbocycles. The first-order valence-electron chi connectivity index (χ1n) is 9.31. The van der Waals surface area contributed by atoms with Crippen LogP contribution in [0.2, 0.25) is 0 Å². The van der Waals surface area contributed by atoms with Crippen molar-refractivity contribution >= 4 is 12.2 Å². The zero-order valence-corrected chi connectivity index (χ0v) is 16.8. The molecule has 0 heterocycles. The van der Waals surface area contributed by atoms with E-state index in [9.17, 15) is 5.11 Å². The van der Waals surface area contributed by atoms with Gasteiger partial charge in [0.05, 0.1) is 14.2 Å². The largest absolute Gasteiger partial charge is 0.508 e. The van der Waals surface area contributed by atoms with Crippen LogP contribution < -0.4 is 9.47 Å². The van der Waals surface area contributed by atoms with Crippen LogP contribution in [0.25, 0.3) is 12.2 Å². The summed E-state index contributed by atoms with van der Waals surface area (Å²) >= 11 is 0. The summed E-state index contributed by atoms with van der Waals surface area (Å²) in [7, 11) is 3.38. The van der Waals surface area contributed by atoms with Gasteiger partial charge >= 0.3 is 0 Å². The molecule has 1 atom stereocenters. The maximum absolute atomic E-state index is 9.41. The van der Waals surface area contributed by atoms with E-state index in [1.165, 1.54) is 11.1 Å². The van der Waals surface area contributed by atoms with E-state index in [0.717, 1.165) is 28.2 Å². The fourth-order valence-electron chi connectivity index (χ4n) is 3.28. The lowest BCUT2D eigenvalue weighted by atomic mass is 9.90. The molecule has 1 N–H and O–H groups in total. The Morgan fingerprint density at radius 3 is 1.86 bits per heavy atom. The monoisotopic (exact) mass is 374 g/mol. The fourth-order valence-corrected chi connectivity index (χ4v) is 3.28. The van der Waals surface area contributed by atoms with Gasteiger partial charge in [-0.1, -0.05) is 61.0 Å². The van der Waals surface area contributed by atoms with Gasteiger partial charge < -0.3 is 14.6 Å². The third-order valence-corrected chi connectivity index (χ3v) is 4.94. The van der Waals surface area contributed by atoms with Gasteiger partial charge in [0.2, 0.25) is 0 Å². The van der Waals surface area contributed by atoms with Gasteiger partial charge in [0.25, 0.3) is 0 Å². The number of hydrogen-bond donors (Lipinski definition) is 1. The molecule has 0 aliphatic heterocycles.